The van der Waals surface area contributed by atoms with Crippen molar-refractivity contribution in [2.45, 2.75) is 13.3 Å². The molecule has 1 aromatic rings. The molecule has 1 rings (SSSR count). The summed E-state index contributed by atoms with van der Waals surface area (Å²) in [7, 11) is 0. The average Bonchev–Trinajstić information content (AvgIpc) is 2.48. The summed E-state index contributed by atoms with van der Waals surface area (Å²) in [5.41, 5.74) is 11.3. The lowest BCUT2D eigenvalue weighted by Gasteiger charge is -1.99. The Morgan fingerprint density at radius 2 is 2.20 bits per heavy atom. The summed E-state index contributed by atoms with van der Waals surface area (Å²) >= 11 is 1.08. The van der Waals surface area contributed by atoms with Gasteiger partial charge < -0.3 is 16.2 Å². The molecular formula is C9H12N2O3S. The quantitative estimate of drug-likeness (QED) is 0.735. The van der Waals surface area contributed by atoms with Gasteiger partial charge in [0.15, 0.2) is 0 Å². The van der Waals surface area contributed by atoms with Gasteiger partial charge in [0.1, 0.15) is 0 Å². The predicted molar refractivity (Wildman–Crippen MR) is 57.6 cm³/mol. The molecule has 0 aliphatic heterocycles. The van der Waals surface area contributed by atoms with Crippen molar-refractivity contribution < 1.29 is 14.3 Å². The maximum absolute atomic E-state index is 11.2. The molecular weight excluding hydrogens is 216 g/mol. The van der Waals surface area contributed by atoms with Crippen LogP contribution < -0.4 is 11.5 Å². The molecule has 0 bridgehead atoms. The number of esters is 1. The first-order valence-corrected chi connectivity index (χ1v) is 5.19. The zero-order valence-corrected chi connectivity index (χ0v) is 9.10. The largest absolute Gasteiger partial charge is 0.466 e. The topological polar surface area (TPSA) is 95.4 Å². The summed E-state index contributed by atoms with van der Waals surface area (Å²) in [6.45, 7) is 2.05. The number of nitrogen functional groups attached to an aromatic ring is 1. The van der Waals surface area contributed by atoms with Crippen LogP contribution in [-0.2, 0) is 16.0 Å². The van der Waals surface area contributed by atoms with Gasteiger partial charge in [-0.1, -0.05) is 0 Å². The summed E-state index contributed by atoms with van der Waals surface area (Å²) < 4.78 is 4.76. The van der Waals surface area contributed by atoms with Gasteiger partial charge in [-0.05, 0) is 18.6 Å². The lowest BCUT2D eigenvalue weighted by molar-refractivity contribution is -0.142. The second-order valence-corrected chi connectivity index (χ2v) is 3.93. The Morgan fingerprint density at radius 3 is 2.67 bits per heavy atom. The number of amides is 1. The Labute approximate surface area is 91.0 Å². The van der Waals surface area contributed by atoms with Crippen LogP contribution in [0.4, 0.5) is 5.00 Å². The Balaban J connectivity index is 2.77. The lowest BCUT2D eigenvalue weighted by Crippen LogP contribution is -2.09. The minimum atomic E-state index is -0.540. The molecule has 0 spiro atoms. The Kier molecular flexibility index (Phi) is 3.68. The van der Waals surface area contributed by atoms with Crippen LogP contribution >= 0.6 is 11.3 Å². The minimum Gasteiger partial charge on any atom is -0.466 e. The number of thiophene rings is 1. The van der Waals surface area contributed by atoms with Crippen LogP contribution in [0.25, 0.3) is 0 Å². The molecule has 0 fully saturated rings. The monoisotopic (exact) mass is 228 g/mol. The first-order valence-electron chi connectivity index (χ1n) is 4.38. The third kappa shape index (κ3) is 2.95. The Bertz CT molecular complexity index is 387. The zero-order valence-electron chi connectivity index (χ0n) is 8.28. The molecule has 0 saturated carbocycles. The number of ether oxygens (including phenoxy) is 1. The number of nitrogens with two attached hydrogens (primary N) is 2. The van der Waals surface area contributed by atoms with Crippen LogP contribution in [-0.4, -0.2) is 18.5 Å². The lowest BCUT2D eigenvalue weighted by atomic mass is 10.2. The highest BCUT2D eigenvalue weighted by Crippen LogP contribution is 2.25. The van der Waals surface area contributed by atoms with E-state index in [1.165, 1.54) is 6.07 Å². The van der Waals surface area contributed by atoms with E-state index in [2.05, 4.69) is 0 Å². The van der Waals surface area contributed by atoms with Gasteiger partial charge in [0, 0.05) is 0 Å². The van der Waals surface area contributed by atoms with E-state index in [-0.39, 0.29) is 12.4 Å². The van der Waals surface area contributed by atoms with Crippen molar-refractivity contribution in [1.82, 2.24) is 0 Å². The molecule has 0 aliphatic carbocycles. The van der Waals surface area contributed by atoms with Crippen LogP contribution in [0.15, 0.2) is 6.07 Å². The van der Waals surface area contributed by atoms with Crippen molar-refractivity contribution in [2.24, 2.45) is 5.73 Å². The second-order valence-electron chi connectivity index (χ2n) is 2.85. The molecule has 0 atom stereocenters. The fourth-order valence-corrected chi connectivity index (χ4v) is 1.87. The first kappa shape index (κ1) is 11.5. The minimum absolute atomic E-state index is 0.0729. The van der Waals surface area contributed by atoms with E-state index in [9.17, 15) is 9.59 Å². The number of rotatable bonds is 4. The van der Waals surface area contributed by atoms with Gasteiger partial charge in [-0.2, -0.15) is 0 Å². The summed E-state index contributed by atoms with van der Waals surface area (Å²) in [6.07, 6.45) is 0.0729. The van der Waals surface area contributed by atoms with Gasteiger partial charge in [-0.3, -0.25) is 9.59 Å². The highest BCUT2D eigenvalue weighted by atomic mass is 32.1. The van der Waals surface area contributed by atoms with Gasteiger partial charge in [-0.15, -0.1) is 11.3 Å². The second kappa shape index (κ2) is 4.79. The smallest absolute Gasteiger partial charge is 0.310 e. The first-order chi connectivity index (χ1) is 7.04. The predicted octanol–water partition coefficient (Wildman–Crippen LogP) is 0.535. The van der Waals surface area contributed by atoms with Crippen LogP contribution in [0.5, 0.6) is 0 Å². The summed E-state index contributed by atoms with van der Waals surface area (Å²) in [4.78, 5) is 22.3. The average molecular weight is 228 g/mol. The molecule has 0 saturated heterocycles. The number of hydrogen-bond donors (Lipinski definition) is 2. The van der Waals surface area contributed by atoms with E-state index in [0.29, 0.717) is 22.0 Å². The van der Waals surface area contributed by atoms with Crippen LogP contribution in [0, 0.1) is 0 Å². The normalized spacial score (nSPS) is 9.93. The molecule has 0 aliphatic rings. The molecule has 1 heterocycles. The maximum Gasteiger partial charge on any atom is 0.310 e. The Hall–Kier alpha value is -1.56. The van der Waals surface area contributed by atoms with Gasteiger partial charge in [-0.25, -0.2) is 0 Å². The fourth-order valence-electron chi connectivity index (χ4n) is 1.07. The SMILES string of the molecule is CCOC(=O)Cc1cc(C(N)=O)sc1N. The number of anilines is 1. The highest BCUT2D eigenvalue weighted by molar-refractivity contribution is 7.18. The van der Waals surface area contributed by atoms with E-state index in [1.807, 2.05) is 0 Å². The summed E-state index contributed by atoms with van der Waals surface area (Å²) in [5.74, 6) is -0.903. The van der Waals surface area contributed by atoms with Crippen molar-refractivity contribution in [3.8, 4) is 0 Å². The maximum atomic E-state index is 11.2. The molecule has 0 aromatic carbocycles. The molecule has 82 valence electrons. The van der Waals surface area contributed by atoms with E-state index in [4.69, 9.17) is 16.2 Å². The number of carbonyl (C=O) groups excluding carboxylic acids is 2. The number of hydrogen-bond acceptors (Lipinski definition) is 5. The standard InChI is InChI=1S/C9H12N2O3S/c1-2-14-7(12)4-5-3-6(8(10)13)15-9(5)11/h3H,2,4,11H2,1H3,(H2,10,13). The van der Waals surface area contributed by atoms with Crippen molar-refractivity contribution in [2.75, 3.05) is 12.3 Å². The van der Waals surface area contributed by atoms with Crippen LogP contribution in [0.2, 0.25) is 0 Å². The third-order valence-corrected chi connectivity index (χ3v) is 2.75. The number of primary amides is 1. The molecule has 4 N–H and O–H groups in total. The summed E-state index contributed by atoms with van der Waals surface area (Å²) in [6, 6.07) is 1.53. The Morgan fingerprint density at radius 1 is 1.53 bits per heavy atom. The van der Waals surface area contributed by atoms with Gasteiger partial charge in [0.2, 0.25) is 0 Å². The molecule has 6 heteroatoms. The van der Waals surface area contributed by atoms with Crippen molar-refractivity contribution in [3.05, 3.63) is 16.5 Å². The van der Waals surface area contributed by atoms with Crippen LogP contribution in [0.1, 0.15) is 22.2 Å². The van der Waals surface area contributed by atoms with Crippen LogP contribution in [0.3, 0.4) is 0 Å². The summed E-state index contributed by atoms with van der Waals surface area (Å²) in [5, 5.41) is 0.428. The van der Waals surface area contributed by atoms with E-state index >= 15 is 0 Å². The molecule has 15 heavy (non-hydrogen) atoms. The van der Waals surface area contributed by atoms with Crippen molar-refractivity contribution in [1.29, 1.82) is 0 Å². The zero-order chi connectivity index (χ0) is 11.4. The third-order valence-electron chi connectivity index (χ3n) is 1.72. The molecule has 0 unspecified atom stereocenters. The van der Waals surface area contributed by atoms with Gasteiger partial charge in [0.25, 0.3) is 5.91 Å². The van der Waals surface area contributed by atoms with Crippen molar-refractivity contribution in [3.63, 3.8) is 0 Å². The van der Waals surface area contributed by atoms with Crippen molar-refractivity contribution >= 4 is 28.2 Å². The van der Waals surface area contributed by atoms with Gasteiger partial charge >= 0.3 is 5.97 Å². The molecule has 5 nitrogen and oxygen atoms in total. The molecule has 1 amide bonds. The molecule has 1 aromatic heterocycles. The number of carbonyl (C=O) groups is 2. The molecule has 0 radical (unpaired) electrons. The fraction of sp³-hybridized carbons (Fsp3) is 0.333. The van der Waals surface area contributed by atoms with Gasteiger partial charge in [0.05, 0.1) is 22.9 Å². The van der Waals surface area contributed by atoms with E-state index in [0.717, 1.165) is 11.3 Å². The van der Waals surface area contributed by atoms with E-state index in [1.54, 1.807) is 6.92 Å². The highest BCUT2D eigenvalue weighted by Gasteiger charge is 2.13. The van der Waals surface area contributed by atoms with E-state index < -0.39 is 5.91 Å².